The topological polar surface area (TPSA) is 651 Å². The molecule has 8 saturated heterocycles. The lowest BCUT2D eigenvalue weighted by Crippen LogP contribution is -2.72. The van der Waals surface area contributed by atoms with Gasteiger partial charge in [-0.25, -0.2) is 0 Å². The van der Waals surface area contributed by atoms with Crippen molar-refractivity contribution in [3.05, 3.63) is 0 Å². The van der Waals surface area contributed by atoms with Crippen molar-refractivity contribution < 1.29 is 193 Å². The van der Waals surface area contributed by atoms with Crippen molar-refractivity contribution in [3.63, 3.8) is 0 Å². The van der Waals surface area contributed by atoms with Crippen molar-refractivity contribution in [1.29, 1.82) is 0 Å². The molecule has 0 aromatic rings. The van der Waals surface area contributed by atoms with Crippen molar-refractivity contribution in [2.45, 2.75) is 280 Å². The van der Waals surface area contributed by atoms with Crippen molar-refractivity contribution in [2.24, 2.45) is 0 Å². The second-order valence-electron chi connectivity index (χ2n) is 24.5. The number of aliphatic hydroxyl groups is 21. The van der Waals surface area contributed by atoms with Crippen LogP contribution in [0.3, 0.4) is 0 Å². The van der Waals surface area contributed by atoms with Gasteiger partial charge in [0.05, 0.1) is 51.8 Å². The maximum Gasteiger partial charge on any atom is 0.217 e. The Morgan fingerprint density at radius 3 is 0.885 bits per heavy atom. The van der Waals surface area contributed by atoms with E-state index in [0.717, 1.165) is 20.8 Å². The highest BCUT2D eigenvalue weighted by molar-refractivity contribution is 5.74. The van der Waals surface area contributed by atoms with Crippen LogP contribution < -0.4 is 16.0 Å². The van der Waals surface area contributed by atoms with E-state index in [-0.39, 0.29) is 0 Å². The number of rotatable bonds is 23. The van der Waals surface area contributed by atoms with E-state index in [4.69, 9.17) is 71.1 Å². The van der Waals surface area contributed by atoms with Crippen LogP contribution in [0.1, 0.15) is 34.6 Å². The first-order valence-electron chi connectivity index (χ1n) is 30.8. The molecule has 0 aliphatic carbocycles. The zero-order valence-electron chi connectivity index (χ0n) is 52.1. The van der Waals surface area contributed by atoms with Crippen molar-refractivity contribution >= 4 is 17.7 Å². The summed E-state index contributed by atoms with van der Waals surface area (Å²) in [6.07, 6.45) is -73.3. The highest BCUT2D eigenvalue weighted by atomic mass is 16.8. The molecule has 8 aliphatic rings. The van der Waals surface area contributed by atoms with Gasteiger partial charge in [0, 0.05) is 20.8 Å². The molecule has 42 nitrogen and oxygen atoms in total. The molecule has 8 heterocycles. The summed E-state index contributed by atoms with van der Waals surface area (Å²) < 4.78 is 89.5. The second-order valence-corrected chi connectivity index (χ2v) is 24.5. The predicted molar refractivity (Wildman–Crippen MR) is 296 cm³/mol. The summed E-state index contributed by atoms with van der Waals surface area (Å²) in [5, 5.41) is 239. The van der Waals surface area contributed by atoms with Gasteiger partial charge in [-0.2, -0.15) is 0 Å². The lowest BCUT2D eigenvalue weighted by molar-refractivity contribution is -0.399. The fourth-order valence-electron chi connectivity index (χ4n) is 12.6. The van der Waals surface area contributed by atoms with Crippen molar-refractivity contribution in [3.8, 4) is 0 Å². The van der Waals surface area contributed by atoms with Crippen LogP contribution in [0.15, 0.2) is 0 Å². The summed E-state index contributed by atoms with van der Waals surface area (Å²) in [7, 11) is 0. The number of carbonyl (C=O) groups excluding carboxylic acids is 3. The van der Waals surface area contributed by atoms with Crippen LogP contribution in [-0.4, -0.2) is 410 Å². The van der Waals surface area contributed by atoms with Crippen LogP contribution in [-0.2, 0) is 85.4 Å². The molecule has 0 radical (unpaired) electrons. The van der Waals surface area contributed by atoms with E-state index in [2.05, 4.69) is 16.0 Å². The molecular formula is C54H91N3O39. The first-order chi connectivity index (χ1) is 45.3. The molecule has 42 heteroatoms. The molecule has 0 bridgehead atoms. The number of nitrogens with one attached hydrogen (secondary N) is 3. The van der Waals surface area contributed by atoms with Gasteiger partial charge >= 0.3 is 0 Å². The van der Waals surface area contributed by atoms with Crippen molar-refractivity contribution in [1.82, 2.24) is 16.0 Å². The van der Waals surface area contributed by atoms with E-state index in [1.54, 1.807) is 0 Å². The Bertz CT molecular complexity index is 2470. The van der Waals surface area contributed by atoms with E-state index >= 15 is 0 Å². The van der Waals surface area contributed by atoms with E-state index in [1.807, 2.05) is 0 Å². The first kappa shape index (κ1) is 78.7. The second kappa shape index (κ2) is 33.8. The average Bonchev–Trinajstić information content (AvgIpc) is 0.765. The van der Waals surface area contributed by atoms with E-state index in [1.165, 1.54) is 13.8 Å². The minimum atomic E-state index is -2.43. The van der Waals surface area contributed by atoms with Crippen LogP contribution in [0.25, 0.3) is 0 Å². The van der Waals surface area contributed by atoms with Gasteiger partial charge < -0.3 is 194 Å². The Labute approximate surface area is 545 Å². The van der Waals surface area contributed by atoms with E-state index in [9.17, 15) is 122 Å². The van der Waals surface area contributed by atoms with Crippen LogP contribution in [0.4, 0.5) is 0 Å². The summed E-state index contributed by atoms with van der Waals surface area (Å²) in [4.78, 5) is 38.9. The Balaban J connectivity index is 1.14. The van der Waals surface area contributed by atoms with Gasteiger partial charge in [0.25, 0.3) is 0 Å². The Morgan fingerprint density at radius 1 is 0.271 bits per heavy atom. The zero-order chi connectivity index (χ0) is 70.8. The molecule has 24 N–H and O–H groups in total. The highest BCUT2D eigenvalue weighted by Gasteiger charge is 2.61. The minimum absolute atomic E-state index is 0.787. The number of hydrogen-bond donors (Lipinski definition) is 24. The van der Waals surface area contributed by atoms with Crippen LogP contribution in [0.5, 0.6) is 0 Å². The molecule has 8 aliphatic heterocycles. The highest BCUT2D eigenvalue weighted by Crippen LogP contribution is 2.40. The van der Waals surface area contributed by atoms with Gasteiger partial charge in [-0.3, -0.25) is 14.4 Å². The van der Waals surface area contributed by atoms with Crippen molar-refractivity contribution in [2.75, 3.05) is 39.6 Å². The summed E-state index contributed by atoms with van der Waals surface area (Å²) >= 11 is 0. The standard InChI is InChI=1S/C54H91N3O39/c1-12-26(67)32(73)35(76)50(82-12)93-43-24(56-15(4)65)48(88-21(10-62)40(43)90-52-37(78)34(75)28(69)17(6-58)85-52)95-45-30(71)19(8-60)86-53(38(45)79)91-41-22(11-63)89-49(25(57-16(5)66)44(41)94-51-36(77)33(74)27(68)13(2)83-51)96-46-31(72)20(9-61)87-54(39(46)80)92-42-23(55-14(3)64)47(81)84-18(7-59)29(42)70/h12-13,17-54,58-63,67-81H,6-11H2,1-5H3,(H,55,64)(H,56,65)(H,57,66)/t12-,13-,17+,18+,19+,20+,21+,22+,23+,24+,25+,26+,27+,28-,29-,30-,31-,32+,33+,34-,35-,36-,37+,38+,39+,40+,41+,42+,43+,44+,45-,46-,47?,48-,49-,50-,51-,52-,53-,54-/m0/s1. The van der Waals surface area contributed by atoms with Gasteiger partial charge in [0.2, 0.25) is 17.7 Å². The van der Waals surface area contributed by atoms with Crippen LogP contribution in [0, 0.1) is 0 Å². The number of hydrogen-bond acceptors (Lipinski definition) is 39. The van der Waals surface area contributed by atoms with Crippen LogP contribution in [0.2, 0.25) is 0 Å². The maximum atomic E-state index is 13.4. The first-order valence-corrected chi connectivity index (χ1v) is 30.8. The number of aliphatic hydroxyl groups excluding tert-OH is 21. The van der Waals surface area contributed by atoms with E-state index in [0.29, 0.717) is 0 Å². The molecule has 1 unspecified atom stereocenters. The smallest absolute Gasteiger partial charge is 0.217 e. The van der Waals surface area contributed by atoms with Gasteiger partial charge in [0.1, 0.15) is 183 Å². The van der Waals surface area contributed by atoms with Gasteiger partial charge in [0.15, 0.2) is 50.3 Å². The Morgan fingerprint density at radius 2 is 0.531 bits per heavy atom. The van der Waals surface area contributed by atoms with Gasteiger partial charge in [-0.05, 0) is 13.8 Å². The monoisotopic (exact) mass is 1410 g/mol. The number of carbonyl (C=O) groups is 3. The molecule has 0 aromatic heterocycles. The number of ether oxygens (including phenoxy) is 15. The fourth-order valence-corrected chi connectivity index (χ4v) is 12.6. The number of amides is 3. The molecule has 0 spiro atoms. The molecule has 96 heavy (non-hydrogen) atoms. The molecular weight excluding hydrogens is 1310 g/mol. The van der Waals surface area contributed by atoms with Crippen LogP contribution >= 0.6 is 0 Å². The molecule has 40 atom stereocenters. The third-order valence-corrected chi connectivity index (χ3v) is 17.8. The average molecular weight is 1410 g/mol. The quantitative estimate of drug-likeness (QED) is 0.0452. The zero-order valence-corrected chi connectivity index (χ0v) is 52.1. The lowest BCUT2D eigenvalue weighted by atomic mass is 9.93. The molecule has 8 fully saturated rings. The lowest BCUT2D eigenvalue weighted by Gasteiger charge is -2.52. The third kappa shape index (κ3) is 16.9. The summed E-state index contributed by atoms with van der Waals surface area (Å²) in [5.74, 6) is -2.70. The molecule has 3 amide bonds. The minimum Gasteiger partial charge on any atom is -0.394 e. The molecule has 556 valence electrons. The SMILES string of the molecule is CC(=O)N[C@H]1[C@H](O[C@H]2[C@@H](O)[C@@H](CO)O[C@@H](O[C@H]3[C@H](O[C@@H]4O[C@@H](C)[C@@H](O)[C@@H](O)[C@@H]4O)[C@@H](NC(C)=O)[C@H](O[C@H]4[C@@H](O)[C@@H](CO)O[C@@H](O[C@H]5[C@@H](O)[C@@H](CO)OC(O)[C@@H]5NC(C)=O)[C@@H]4O)O[C@@H]3CO)[C@@H]2O)O[C@H](CO)[C@@H](O[C@@H]2O[C@H](CO)[C@H](O)[C@H](O)[C@H]2O)[C@@H]1O[C@@H]1O[C@@H](C)[C@@H](O)[C@@H](O)[C@@H]1O. The van der Waals surface area contributed by atoms with Gasteiger partial charge in [-0.15, -0.1) is 0 Å². The maximum absolute atomic E-state index is 13.4. The normalized spacial score (nSPS) is 50.3. The summed E-state index contributed by atoms with van der Waals surface area (Å²) in [6, 6.07) is -5.55. The molecule has 0 aromatic carbocycles. The molecule has 0 saturated carbocycles. The summed E-state index contributed by atoms with van der Waals surface area (Å²) in [6.45, 7) is -1.02. The third-order valence-electron chi connectivity index (χ3n) is 17.8. The van der Waals surface area contributed by atoms with E-state index < -0.39 is 303 Å². The Kier molecular flexibility index (Phi) is 27.7. The Hall–Kier alpha value is -3.03. The van der Waals surface area contributed by atoms with Gasteiger partial charge in [-0.1, -0.05) is 0 Å². The predicted octanol–water partition coefficient (Wildman–Crippen LogP) is -16.0. The fraction of sp³-hybridized carbons (Fsp3) is 0.944. The summed E-state index contributed by atoms with van der Waals surface area (Å²) in [5.41, 5.74) is 0. The molecule has 8 rings (SSSR count). The largest absolute Gasteiger partial charge is 0.394 e.